The molecule has 0 aromatic carbocycles. The quantitative estimate of drug-likeness (QED) is 0.736. The lowest BCUT2D eigenvalue weighted by Crippen LogP contribution is -2.19. The van der Waals surface area contributed by atoms with E-state index in [2.05, 4.69) is 20.3 Å². The molecule has 0 aliphatic rings. The van der Waals surface area contributed by atoms with Crippen LogP contribution < -0.4 is 5.69 Å². The SMILES string of the molecule is Cc1n[nH]c(=O)nc1-n1nc(C(=O)O)cc1C. The zero-order chi connectivity index (χ0) is 12.6. The number of aryl methyl sites for hydroxylation is 2. The van der Waals surface area contributed by atoms with Gasteiger partial charge in [0.05, 0.1) is 0 Å². The van der Waals surface area contributed by atoms with Crippen molar-refractivity contribution >= 4 is 5.97 Å². The fourth-order valence-electron chi connectivity index (χ4n) is 1.38. The van der Waals surface area contributed by atoms with Crippen molar-refractivity contribution in [2.45, 2.75) is 13.8 Å². The number of carbonyl (C=O) groups is 1. The molecule has 0 amide bonds. The molecule has 0 bridgehead atoms. The molecule has 8 heteroatoms. The number of nitrogens with zero attached hydrogens (tertiary/aromatic N) is 4. The number of H-pyrrole nitrogens is 1. The van der Waals surface area contributed by atoms with Crippen molar-refractivity contribution in [2.75, 3.05) is 0 Å². The Morgan fingerprint density at radius 2 is 2.18 bits per heavy atom. The van der Waals surface area contributed by atoms with Gasteiger partial charge in [-0.3, -0.25) is 0 Å². The van der Waals surface area contributed by atoms with Gasteiger partial charge in [0.2, 0.25) is 0 Å². The number of hydrogen-bond donors (Lipinski definition) is 2. The van der Waals surface area contributed by atoms with Crippen molar-refractivity contribution in [3.05, 3.63) is 33.6 Å². The van der Waals surface area contributed by atoms with Gasteiger partial charge in [-0.25, -0.2) is 19.4 Å². The van der Waals surface area contributed by atoms with Crippen LogP contribution in [-0.4, -0.2) is 36.0 Å². The van der Waals surface area contributed by atoms with Crippen LogP contribution >= 0.6 is 0 Å². The lowest BCUT2D eigenvalue weighted by Gasteiger charge is -2.03. The normalized spacial score (nSPS) is 10.5. The van der Waals surface area contributed by atoms with Crippen LogP contribution in [0.15, 0.2) is 10.9 Å². The summed E-state index contributed by atoms with van der Waals surface area (Å²) in [7, 11) is 0. The van der Waals surface area contributed by atoms with Crippen LogP contribution in [-0.2, 0) is 0 Å². The third-order valence-electron chi connectivity index (χ3n) is 2.16. The molecule has 0 radical (unpaired) electrons. The highest BCUT2D eigenvalue weighted by Gasteiger charge is 2.14. The zero-order valence-corrected chi connectivity index (χ0v) is 9.13. The van der Waals surface area contributed by atoms with Crippen LogP contribution in [0.3, 0.4) is 0 Å². The molecule has 0 spiro atoms. The van der Waals surface area contributed by atoms with E-state index in [4.69, 9.17) is 5.11 Å². The summed E-state index contributed by atoms with van der Waals surface area (Å²) in [5.41, 5.74) is 0.291. The maximum absolute atomic E-state index is 11.1. The summed E-state index contributed by atoms with van der Waals surface area (Å²) in [6.45, 7) is 3.31. The molecule has 0 aliphatic heterocycles. The zero-order valence-electron chi connectivity index (χ0n) is 9.13. The third kappa shape index (κ3) is 1.92. The smallest absolute Gasteiger partial charge is 0.363 e. The Labute approximate surface area is 94.9 Å². The van der Waals surface area contributed by atoms with Crippen LogP contribution in [0.5, 0.6) is 0 Å². The average Bonchev–Trinajstić information content (AvgIpc) is 2.64. The Hall–Kier alpha value is -2.51. The molecule has 88 valence electrons. The van der Waals surface area contributed by atoms with Crippen molar-refractivity contribution < 1.29 is 9.90 Å². The first-order valence-corrected chi connectivity index (χ1v) is 4.72. The summed E-state index contributed by atoms with van der Waals surface area (Å²) in [6, 6.07) is 1.39. The standard InChI is InChI=1S/C9H9N5O3/c1-4-3-6(8(15)16)13-14(4)7-5(2)11-12-9(17)10-7/h3H,1-2H3,(H,15,16)(H,10,12,17). The number of aromatic nitrogens is 5. The van der Waals surface area contributed by atoms with Crippen LogP contribution in [0.25, 0.3) is 5.82 Å². The van der Waals surface area contributed by atoms with Crippen molar-refractivity contribution in [3.8, 4) is 5.82 Å². The van der Waals surface area contributed by atoms with Crippen molar-refractivity contribution in [1.29, 1.82) is 0 Å². The van der Waals surface area contributed by atoms with E-state index in [-0.39, 0.29) is 11.5 Å². The van der Waals surface area contributed by atoms with E-state index in [1.54, 1.807) is 13.8 Å². The summed E-state index contributed by atoms with van der Waals surface area (Å²) < 4.78 is 1.28. The Morgan fingerprint density at radius 3 is 2.76 bits per heavy atom. The predicted octanol–water partition coefficient (Wildman–Crippen LogP) is -0.334. The van der Waals surface area contributed by atoms with E-state index in [1.807, 2.05) is 0 Å². The first kappa shape index (κ1) is 11.0. The highest BCUT2D eigenvalue weighted by molar-refractivity contribution is 5.85. The Morgan fingerprint density at radius 1 is 1.47 bits per heavy atom. The van der Waals surface area contributed by atoms with Gasteiger partial charge in [0.25, 0.3) is 0 Å². The molecule has 0 saturated heterocycles. The highest BCUT2D eigenvalue weighted by atomic mass is 16.4. The summed E-state index contributed by atoms with van der Waals surface area (Å²) in [5, 5.41) is 18.6. The number of aromatic carboxylic acids is 1. The van der Waals surface area contributed by atoms with E-state index in [1.165, 1.54) is 10.7 Å². The van der Waals surface area contributed by atoms with Gasteiger partial charge in [-0.05, 0) is 19.9 Å². The fourth-order valence-corrected chi connectivity index (χ4v) is 1.38. The maximum atomic E-state index is 11.1. The number of nitrogens with one attached hydrogen (secondary N) is 1. The van der Waals surface area contributed by atoms with Crippen molar-refractivity contribution in [2.24, 2.45) is 0 Å². The molecule has 17 heavy (non-hydrogen) atoms. The second-order valence-electron chi connectivity index (χ2n) is 3.44. The van der Waals surface area contributed by atoms with Crippen LogP contribution in [0.1, 0.15) is 21.9 Å². The van der Waals surface area contributed by atoms with E-state index < -0.39 is 11.7 Å². The third-order valence-corrected chi connectivity index (χ3v) is 2.16. The molecule has 2 rings (SSSR count). The summed E-state index contributed by atoms with van der Waals surface area (Å²) in [4.78, 5) is 25.6. The van der Waals surface area contributed by atoms with E-state index in [0.29, 0.717) is 11.4 Å². The minimum atomic E-state index is -1.14. The lowest BCUT2D eigenvalue weighted by molar-refractivity contribution is 0.0690. The number of aromatic amines is 1. The molecule has 0 atom stereocenters. The largest absolute Gasteiger partial charge is 0.476 e. The van der Waals surface area contributed by atoms with E-state index in [0.717, 1.165) is 0 Å². The molecule has 2 N–H and O–H groups in total. The molecule has 2 aromatic rings. The van der Waals surface area contributed by atoms with E-state index in [9.17, 15) is 9.59 Å². The van der Waals surface area contributed by atoms with Crippen LogP contribution in [0.4, 0.5) is 0 Å². The van der Waals surface area contributed by atoms with Gasteiger partial charge in [-0.2, -0.15) is 15.2 Å². The highest BCUT2D eigenvalue weighted by Crippen LogP contribution is 2.10. The van der Waals surface area contributed by atoms with E-state index >= 15 is 0 Å². The van der Waals surface area contributed by atoms with Gasteiger partial charge < -0.3 is 5.11 Å². The van der Waals surface area contributed by atoms with Crippen LogP contribution in [0.2, 0.25) is 0 Å². The minimum Gasteiger partial charge on any atom is -0.476 e. The molecule has 8 nitrogen and oxygen atoms in total. The van der Waals surface area contributed by atoms with Crippen LogP contribution in [0, 0.1) is 13.8 Å². The monoisotopic (exact) mass is 235 g/mol. The maximum Gasteiger partial charge on any atom is 0.363 e. The molecule has 0 unspecified atom stereocenters. The number of carboxylic acids is 1. The number of carboxylic acid groups (broad SMARTS) is 1. The molecular weight excluding hydrogens is 226 g/mol. The minimum absolute atomic E-state index is 0.107. The van der Waals surface area contributed by atoms with Gasteiger partial charge in [-0.1, -0.05) is 0 Å². The first-order chi connectivity index (χ1) is 7.99. The average molecular weight is 235 g/mol. The van der Waals surface area contributed by atoms with Gasteiger partial charge >= 0.3 is 11.7 Å². The molecule has 2 aromatic heterocycles. The first-order valence-electron chi connectivity index (χ1n) is 4.72. The second-order valence-corrected chi connectivity index (χ2v) is 3.44. The molecular formula is C9H9N5O3. The molecule has 0 aliphatic carbocycles. The van der Waals surface area contributed by atoms with Gasteiger partial charge in [0, 0.05) is 5.69 Å². The van der Waals surface area contributed by atoms with Gasteiger partial charge in [0.15, 0.2) is 11.5 Å². The summed E-state index contributed by atoms with van der Waals surface area (Å²) in [6.07, 6.45) is 0. The molecule has 2 heterocycles. The molecule has 0 fully saturated rings. The number of hydrogen-bond acceptors (Lipinski definition) is 5. The topological polar surface area (TPSA) is 114 Å². The van der Waals surface area contributed by atoms with Crippen molar-refractivity contribution in [3.63, 3.8) is 0 Å². The van der Waals surface area contributed by atoms with Crippen molar-refractivity contribution in [1.82, 2.24) is 25.0 Å². The summed E-state index contributed by atoms with van der Waals surface area (Å²) >= 11 is 0. The number of rotatable bonds is 2. The fraction of sp³-hybridized carbons (Fsp3) is 0.222. The Bertz CT molecular complexity index is 642. The second kappa shape index (κ2) is 3.81. The predicted molar refractivity (Wildman–Crippen MR) is 56.2 cm³/mol. The Balaban J connectivity index is 2.64. The Kier molecular flexibility index (Phi) is 2.47. The lowest BCUT2D eigenvalue weighted by atomic mass is 10.4. The van der Waals surface area contributed by atoms with Gasteiger partial charge in [0.1, 0.15) is 5.69 Å². The summed E-state index contributed by atoms with van der Waals surface area (Å²) in [5.74, 6) is -0.916. The molecule has 0 saturated carbocycles. The van der Waals surface area contributed by atoms with Gasteiger partial charge in [-0.15, -0.1) is 0 Å².